The molecule has 0 spiro atoms. The van der Waals surface area contributed by atoms with Crippen LogP contribution in [0.15, 0.2) is 12.4 Å². The van der Waals surface area contributed by atoms with Gasteiger partial charge in [0.2, 0.25) is 17.8 Å². The molecule has 0 atom stereocenters. The van der Waals surface area contributed by atoms with E-state index >= 15 is 0 Å². The van der Waals surface area contributed by atoms with Crippen LogP contribution in [-0.2, 0) is 14.3 Å². The second-order valence-electron chi connectivity index (χ2n) is 7.95. The van der Waals surface area contributed by atoms with Crippen LogP contribution in [0.4, 0.5) is 10.7 Å². The van der Waals surface area contributed by atoms with Crippen LogP contribution in [0.25, 0.3) is 0 Å². The molecule has 1 aromatic rings. The Morgan fingerprint density at radius 2 is 2.00 bits per heavy atom. The molecule has 0 unspecified atom stereocenters. The van der Waals surface area contributed by atoms with Gasteiger partial charge >= 0.3 is 6.09 Å². The first-order chi connectivity index (χ1) is 13.1. The second-order valence-corrected chi connectivity index (χ2v) is 7.95. The normalized spacial score (nSPS) is 16.4. The number of aromatic nitrogens is 2. The van der Waals surface area contributed by atoms with Gasteiger partial charge in [-0.3, -0.25) is 14.5 Å². The van der Waals surface area contributed by atoms with Crippen LogP contribution in [0.3, 0.4) is 0 Å². The molecule has 0 aromatic carbocycles. The van der Waals surface area contributed by atoms with Crippen molar-refractivity contribution in [2.45, 2.75) is 39.2 Å². The summed E-state index contributed by atoms with van der Waals surface area (Å²) in [7, 11) is 1.60. The van der Waals surface area contributed by atoms with Gasteiger partial charge in [0.1, 0.15) is 12.1 Å². The van der Waals surface area contributed by atoms with E-state index in [0.717, 1.165) is 0 Å². The van der Waals surface area contributed by atoms with Gasteiger partial charge in [0.25, 0.3) is 0 Å². The number of alkyl carbamates (subject to hydrolysis) is 1. The average Bonchev–Trinajstić information content (AvgIpc) is 3.18. The summed E-state index contributed by atoms with van der Waals surface area (Å²) in [6.07, 6.45) is 3.16. The summed E-state index contributed by atoms with van der Waals surface area (Å²) in [5.74, 6) is -0.106. The largest absolute Gasteiger partial charge is 0.444 e. The number of H-pyrrole nitrogens is 1. The molecule has 0 radical (unpaired) electrons. The summed E-state index contributed by atoms with van der Waals surface area (Å²) in [4.78, 5) is 46.8. The maximum absolute atomic E-state index is 12.9. The number of hydrogen-bond acceptors (Lipinski definition) is 6. The molecular weight excluding hydrogens is 366 g/mol. The van der Waals surface area contributed by atoms with Gasteiger partial charge in [0.05, 0.1) is 12.0 Å². The second kappa shape index (κ2) is 8.59. The Hall–Kier alpha value is -2.62. The minimum atomic E-state index is -0.961. The maximum atomic E-state index is 12.9. The van der Waals surface area contributed by atoms with E-state index in [0.29, 0.717) is 31.9 Å². The topological polar surface area (TPSA) is 128 Å². The number of rotatable bonds is 5. The fourth-order valence-electron chi connectivity index (χ4n) is 3.09. The van der Waals surface area contributed by atoms with E-state index in [9.17, 15) is 19.5 Å². The van der Waals surface area contributed by atoms with E-state index in [1.54, 1.807) is 45.1 Å². The lowest BCUT2D eigenvalue weighted by molar-refractivity contribution is -0.140. The summed E-state index contributed by atoms with van der Waals surface area (Å²) in [6.45, 7) is 5.36. The number of amides is 3. The van der Waals surface area contributed by atoms with Crippen molar-refractivity contribution in [1.29, 1.82) is 0 Å². The van der Waals surface area contributed by atoms with E-state index < -0.39 is 17.1 Å². The Morgan fingerprint density at radius 1 is 1.36 bits per heavy atom. The molecule has 156 valence electrons. The first-order valence-electron chi connectivity index (χ1n) is 9.21. The van der Waals surface area contributed by atoms with Crippen LogP contribution < -0.4 is 10.2 Å². The molecule has 1 aromatic heterocycles. The van der Waals surface area contributed by atoms with E-state index in [1.165, 1.54) is 4.90 Å². The number of nitrogens with one attached hydrogen (secondary N) is 2. The highest BCUT2D eigenvalue weighted by Gasteiger charge is 2.44. The van der Waals surface area contributed by atoms with Crippen molar-refractivity contribution >= 4 is 23.9 Å². The molecule has 0 aliphatic carbocycles. The number of carbonyl (C=O) groups excluding carboxylic acids is 3. The van der Waals surface area contributed by atoms with Crippen molar-refractivity contribution < 1.29 is 24.2 Å². The summed E-state index contributed by atoms with van der Waals surface area (Å²) in [5, 5.41) is 12.4. The number of piperidine rings is 1. The number of anilines is 1. The van der Waals surface area contributed by atoms with Crippen LogP contribution in [0, 0.1) is 5.41 Å². The van der Waals surface area contributed by atoms with Crippen molar-refractivity contribution in [1.82, 2.24) is 20.2 Å². The third-order valence-corrected chi connectivity index (χ3v) is 4.72. The smallest absolute Gasteiger partial charge is 0.408 e. The Labute approximate surface area is 164 Å². The molecule has 1 aliphatic rings. The zero-order chi connectivity index (χ0) is 20.9. The fourth-order valence-corrected chi connectivity index (χ4v) is 3.09. The predicted octanol–water partition coefficient (Wildman–Crippen LogP) is 0.498. The zero-order valence-corrected chi connectivity index (χ0v) is 16.8. The molecular formula is C18H29N5O5. The number of imidazole rings is 1. The van der Waals surface area contributed by atoms with Crippen molar-refractivity contribution in [2.24, 2.45) is 5.41 Å². The monoisotopic (exact) mass is 395 g/mol. The minimum absolute atomic E-state index is 0.179. The lowest BCUT2D eigenvalue weighted by atomic mass is 9.77. The molecule has 10 heteroatoms. The number of nitrogens with zero attached hydrogens (tertiary/aromatic N) is 3. The fraction of sp³-hybridized carbons (Fsp3) is 0.667. The lowest BCUT2D eigenvalue weighted by Crippen LogP contribution is -2.54. The molecule has 1 fully saturated rings. The Morgan fingerprint density at radius 3 is 2.50 bits per heavy atom. The minimum Gasteiger partial charge on any atom is -0.444 e. The highest BCUT2D eigenvalue weighted by molar-refractivity contribution is 5.96. The number of aliphatic hydroxyl groups is 1. The van der Waals surface area contributed by atoms with Crippen LogP contribution in [-0.4, -0.2) is 76.8 Å². The van der Waals surface area contributed by atoms with Crippen molar-refractivity contribution in [3.8, 4) is 0 Å². The van der Waals surface area contributed by atoms with Crippen LogP contribution in [0.2, 0.25) is 0 Å². The standard InChI is InChI=1S/C18H29N5O5/c1-17(2,3)28-16(27)21-11-13(25)23-9-5-18(12-24,6-10-23)14(26)22(4)15-19-7-8-20-15/h7-8,24H,5-6,9-12H2,1-4H3,(H,19,20)(H,21,27). The van der Waals surface area contributed by atoms with Crippen molar-refractivity contribution in [2.75, 3.05) is 38.2 Å². The van der Waals surface area contributed by atoms with E-state index in [4.69, 9.17) is 4.74 Å². The zero-order valence-electron chi connectivity index (χ0n) is 16.8. The first-order valence-corrected chi connectivity index (χ1v) is 9.21. The van der Waals surface area contributed by atoms with Crippen molar-refractivity contribution in [3.63, 3.8) is 0 Å². The average molecular weight is 395 g/mol. The number of ether oxygens (including phenoxy) is 1. The van der Waals surface area contributed by atoms with Crippen LogP contribution in [0.1, 0.15) is 33.6 Å². The Balaban J connectivity index is 1.90. The van der Waals surface area contributed by atoms with Gasteiger partial charge in [-0.25, -0.2) is 9.78 Å². The van der Waals surface area contributed by atoms with Gasteiger partial charge < -0.3 is 25.0 Å². The summed E-state index contributed by atoms with van der Waals surface area (Å²) >= 11 is 0. The molecule has 2 rings (SSSR count). The number of likely N-dealkylation sites (tertiary alicyclic amines) is 1. The molecule has 10 nitrogen and oxygen atoms in total. The van der Waals surface area contributed by atoms with Crippen LogP contribution >= 0.6 is 0 Å². The molecule has 1 aliphatic heterocycles. The van der Waals surface area contributed by atoms with Gasteiger partial charge in [-0.2, -0.15) is 0 Å². The number of hydrogen-bond donors (Lipinski definition) is 3. The SMILES string of the molecule is CN(C(=O)C1(CO)CCN(C(=O)CNC(=O)OC(C)(C)C)CC1)c1ncc[nH]1. The number of aromatic amines is 1. The van der Waals surface area contributed by atoms with E-state index in [2.05, 4.69) is 15.3 Å². The van der Waals surface area contributed by atoms with E-state index in [-0.39, 0.29) is 25.0 Å². The summed E-state index contributed by atoms with van der Waals surface area (Å²) < 4.78 is 5.11. The molecule has 1 saturated heterocycles. The summed E-state index contributed by atoms with van der Waals surface area (Å²) in [6, 6.07) is 0. The first kappa shape index (κ1) is 21.7. The third-order valence-electron chi connectivity index (χ3n) is 4.72. The quantitative estimate of drug-likeness (QED) is 0.666. The molecule has 3 amide bonds. The number of carbonyl (C=O) groups is 3. The maximum Gasteiger partial charge on any atom is 0.408 e. The Bertz CT molecular complexity index is 690. The third kappa shape index (κ3) is 5.22. The number of aliphatic hydroxyl groups excluding tert-OH is 1. The molecule has 0 bridgehead atoms. The van der Waals surface area contributed by atoms with Gasteiger partial charge in [-0.15, -0.1) is 0 Å². The van der Waals surface area contributed by atoms with Crippen LogP contribution in [0.5, 0.6) is 0 Å². The predicted molar refractivity (Wildman–Crippen MR) is 102 cm³/mol. The van der Waals surface area contributed by atoms with Gasteiger partial charge in [0, 0.05) is 32.5 Å². The van der Waals surface area contributed by atoms with E-state index in [1.807, 2.05) is 0 Å². The van der Waals surface area contributed by atoms with Crippen molar-refractivity contribution in [3.05, 3.63) is 12.4 Å². The highest BCUT2D eigenvalue weighted by atomic mass is 16.6. The van der Waals surface area contributed by atoms with Gasteiger partial charge in [-0.1, -0.05) is 0 Å². The van der Waals surface area contributed by atoms with Gasteiger partial charge in [-0.05, 0) is 33.6 Å². The Kier molecular flexibility index (Phi) is 6.65. The molecule has 3 N–H and O–H groups in total. The lowest BCUT2D eigenvalue weighted by Gasteiger charge is -2.41. The molecule has 2 heterocycles. The molecule has 0 saturated carbocycles. The highest BCUT2D eigenvalue weighted by Crippen LogP contribution is 2.33. The van der Waals surface area contributed by atoms with Gasteiger partial charge in [0.15, 0.2) is 0 Å². The summed E-state index contributed by atoms with van der Waals surface area (Å²) in [5.41, 5.74) is -1.60. The molecule has 28 heavy (non-hydrogen) atoms.